The summed E-state index contributed by atoms with van der Waals surface area (Å²) in [7, 11) is -2.17. The quantitative estimate of drug-likeness (QED) is 0.505. The Morgan fingerprint density at radius 2 is 1.62 bits per heavy atom. The summed E-state index contributed by atoms with van der Waals surface area (Å²) in [5.41, 5.74) is 2.25. The molecule has 0 fully saturated rings. The van der Waals surface area contributed by atoms with Crippen LogP contribution in [0.3, 0.4) is 0 Å². The molecule has 1 aromatic heterocycles. The number of nitrogens with zero attached hydrogens (tertiary/aromatic N) is 1. The van der Waals surface area contributed by atoms with Gasteiger partial charge in [0.2, 0.25) is 9.84 Å². The highest BCUT2D eigenvalue weighted by Gasteiger charge is 2.24. The van der Waals surface area contributed by atoms with Crippen molar-refractivity contribution in [3.63, 3.8) is 0 Å². The Hall–Kier alpha value is -3.38. The van der Waals surface area contributed by atoms with Crippen molar-refractivity contribution in [2.45, 2.75) is 16.3 Å². The van der Waals surface area contributed by atoms with Gasteiger partial charge in [0.25, 0.3) is 0 Å². The third-order valence-corrected chi connectivity index (χ3v) is 6.48. The van der Waals surface area contributed by atoms with Crippen molar-refractivity contribution in [2.24, 2.45) is 0 Å². The smallest absolute Gasteiger partial charge is 0.210 e. The van der Waals surface area contributed by atoms with Crippen LogP contribution in [0.4, 0.5) is 5.69 Å². The van der Waals surface area contributed by atoms with Gasteiger partial charge in [0.15, 0.2) is 0 Å². The largest absolute Gasteiger partial charge is 0.497 e. The number of pyridine rings is 1. The van der Waals surface area contributed by atoms with Crippen LogP contribution in [0.1, 0.15) is 5.56 Å². The fourth-order valence-electron chi connectivity index (χ4n) is 3.18. The Kier molecular flexibility index (Phi) is 5.18. The van der Waals surface area contributed by atoms with E-state index in [-0.39, 0.29) is 9.79 Å². The molecule has 1 N–H and O–H groups in total. The fourth-order valence-corrected chi connectivity index (χ4v) is 4.59. The van der Waals surface area contributed by atoms with Crippen molar-refractivity contribution in [1.29, 1.82) is 0 Å². The number of sulfone groups is 1. The van der Waals surface area contributed by atoms with Crippen LogP contribution in [0.25, 0.3) is 10.9 Å². The topological polar surface area (TPSA) is 68.3 Å². The normalized spacial score (nSPS) is 11.3. The molecule has 0 saturated heterocycles. The summed E-state index contributed by atoms with van der Waals surface area (Å²) < 4.78 is 32.1. The number of benzene rings is 3. The second-order valence-corrected chi connectivity index (χ2v) is 8.45. The number of hydrogen-bond donors (Lipinski definition) is 1. The summed E-state index contributed by atoms with van der Waals surface area (Å²) in [6.07, 6.45) is 1.42. The maximum Gasteiger partial charge on any atom is 0.210 e. The van der Waals surface area contributed by atoms with Gasteiger partial charge in [-0.05, 0) is 35.9 Å². The van der Waals surface area contributed by atoms with Crippen LogP contribution in [0.5, 0.6) is 5.75 Å². The summed E-state index contributed by atoms with van der Waals surface area (Å²) in [5, 5.41) is 4.02. The van der Waals surface area contributed by atoms with Crippen LogP contribution in [0.15, 0.2) is 94.9 Å². The van der Waals surface area contributed by atoms with E-state index in [1.54, 1.807) is 43.5 Å². The second kappa shape index (κ2) is 7.93. The minimum Gasteiger partial charge on any atom is -0.497 e. The zero-order valence-corrected chi connectivity index (χ0v) is 16.7. The van der Waals surface area contributed by atoms with Crippen LogP contribution < -0.4 is 10.1 Å². The third-order valence-electron chi connectivity index (χ3n) is 4.70. The van der Waals surface area contributed by atoms with Gasteiger partial charge in [0, 0.05) is 18.1 Å². The molecule has 4 aromatic rings. The van der Waals surface area contributed by atoms with Gasteiger partial charge in [-0.25, -0.2) is 8.42 Å². The molecule has 146 valence electrons. The van der Waals surface area contributed by atoms with Crippen molar-refractivity contribution < 1.29 is 13.2 Å². The number of aromatic nitrogens is 1. The average Bonchev–Trinajstić information content (AvgIpc) is 2.78. The van der Waals surface area contributed by atoms with Crippen molar-refractivity contribution in [1.82, 2.24) is 4.98 Å². The highest BCUT2D eigenvalue weighted by molar-refractivity contribution is 7.91. The molecule has 0 aliphatic heterocycles. The monoisotopic (exact) mass is 404 g/mol. The first-order valence-corrected chi connectivity index (χ1v) is 10.6. The number of ether oxygens (including phenoxy) is 1. The number of rotatable bonds is 6. The fraction of sp³-hybridized carbons (Fsp3) is 0.0870. The molecule has 0 radical (unpaired) electrons. The minimum absolute atomic E-state index is 0.139. The Balaban J connectivity index is 1.89. The van der Waals surface area contributed by atoms with Crippen molar-refractivity contribution in [2.75, 3.05) is 12.4 Å². The Labute approximate surface area is 169 Å². The predicted molar refractivity (Wildman–Crippen MR) is 114 cm³/mol. The van der Waals surface area contributed by atoms with Crippen LogP contribution >= 0.6 is 0 Å². The molecular weight excluding hydrogens is 384 g/mol. The first kappa shape index (κ1) is 19.0. The van der Waals surface area contributed by atoms with Gasteiger partial charge in [-0.1, -0.05) is 48.5 Å². The van der Waals surface area contributed by atoms with E-state index in [2.05, 4.69) is 10.3 Å². The molecule has 29 heavy (non-hydrogen) atoms. The molecule has 0 spiro atoms. The van der Waals surface area contributed by atoms with E-state index in [0.29, 0.717) is 28.9 Å². The van der Waals surface area contributed by atoms with Crippen LogP contribution in [-0.4, -0.2) is 20.5 Å². The molecule has 4 rings (SSSR count). The van der Waals surface area contributed by atoms with E-state index in [9.17, 15) is 8.42 Å². The number of nitrogens with one attached hydrogen (secondary N) is 1. The summed E-state index contributed by atoms with van der Waals surface area (Å²) in [6, 6.07) is 23.6. The molecule has 0 saturated carbocycles. The molecule has 0 amide bonds. The Morgan fingerprint density at radius 1 is 0.931 bits per heavy atom. The molecule has 0 atom stereocenters. The lowest BCUT2D eigenvalue weighted by molar-refractivity contribution is 0.415. The summed E-state index contributed by atoms with van der Waals surface area (Å²) >= 11 is 0. The highest BCUT2D eigenvalue weighted by Crippen LogP contribution is 2.35. The van der Waals surface area contributed by atoms with Gasteiger partial charge in [0.05, 0.1) is 23.2 Å². The third kappa shape index (κ3) is 3.79. The molecular formula is C23H20N2O3S. The van der Waals surface area contributed by atoms with E-state index in [0.717, 1.165) is 5.56 Å². The van der Waals surface area contributed by atoms with Crippen LogP contribution in [-0.2, 0) is 16.4 Å². The number of fused-ring (bicyclic) bond motifs is 1. The number of hydrogen-bond acceptors (Lipinski definition) is 5. The Morgan fingerprint density at radius 3 is 2.31 bits per heavy atom. The standard InChI is InChI=1S/C23H20N2O3S/c1-28-18-12-13-21-20(14-18)23(25-15-17-8-4-2-5-9-17)22(16-24-21)29(26,27)19-10-6-3-7-11-19/h2-14,16H,15H2,1H3,(H,24,25). The molecule has 0 unspecified atom stereocenters. The molecule has 5 nitrogen and oxygen atoms in total. The maximum absolute atomic E-state index is 13.4. The van der Waals surface area contributed by atoms with Crippen molar-refractivity contribution in [3.8, 4) is 5.75 Å². The van der Waals surface area contributed by atoms with Crippen LogP contribution in [0, 0.1) is 0 Å². The zero-order chi connectivity index (χ0) is 20.3. The van der Waals surface area contributed by atoms with Crippen LogP contribution in [0.2, 0.25) is 0 Å². The molecule has 1 heterocycles. The molecule has 0 aliphatic rings. The molecule has 6 heteroatoms. The lowest BCUT2D eigenvalue weighted by atomic mass is 10.1. The van der Waals surface area contributed by atoms with E-state index in [1.807, 2.05) is 42.5 Å². The predicted octanol–water partition coefficient (Wildman–Crippen LogP) is 4.69. The first-order valence-electron chi connectivity index (χ1n) is 9.14. The maximum atomic E-state index is 13.4. The second-order valence-electron chi connectivity index (χ2n) is 6.54. The van der Waals surface area contributed by atoms with E-state index < -0.39 is 9.84 Å². The van der Waals surface area contributed by atoms with E-state index in [1.165, 1.54) is 6.20 Å². The van der Waals surface area contributed by atoms with Crippen molar-refractivity contribution in [3.05, 3.63) is 90.6 Å². The van der Waals surface area contributed by atoms with Gasteiger partial charge in [-0.15, -0.1) is 0 Å². The SMILES string of the molecule is COc1ccc2ncc(S(=O)(=O)c3ccccc3)c(NCc3ccccc3)c2c1. The van der Waals surface area contributed by atoms with E-state index >= 15 is 0 Å². The zero-order valence-electron chi connectivity index (χ0n) is 15.9. The van der Waals surface area contributed by atoms with Gasteiger partial charge < -0.3 is 10.1 Å². The van der Waals surface area contributed by atoms with Gasteiger partial charge >= 0.3 is 0 Å². The first-order chi connectivity index (χ1) is 14.1. The van der Waals surface area contributed by atoms with Gasteiger partial charge in [-0.2, -0.15) is 0 Å². The summed E-state index contributed by atoms with van der Waals surface area (Å²) in [6.45, 7) is 0.481. The minimum atomic E-state index is -3.75. The number of anilines is 1. The Bertz CT molecular complexity index is 1240. The average molecular weight is 404 g/mol. The van der Waals surface area contributed by atoms with E-state index in [4.69, 9.17) is 4.74 Å². The summed E-state index contributed by atoms with van der Waals surface area (Å²) in [5.74, 6) is 0.635. The van der Waals surface area contributed by atoms with Gasteiger partial charge in [0.1, 0.15) is 10.6 Å². The number of methoxy groups -OCH3 is 1. The summed E-state index contributed by atoms with van der Waals surface area (Å²) in [4.78, 5) is 4.76. The highest BCUT2D eigenvalue weighted by atomic mass is 32.2. The molecule has 3 aromatic carbocycles. The lowest BCUT2D eigenvalue weighted by Crippen LogP contribution is -2.09. The lowest BCUT2D eigenvalue weighted by Gasteiger charge is -2.16. The molecule has 0 aliphatic carbocycles. The molecule has 0 bridgehead atoms. The van der Waals surface area contributed by atoms with Gasteiger partial charge in [-0.3, -0.25) is 4.98 Å². The van der Waals surface area contributed by atoms with Crippen molar-refractivity contribution >= 4 is 26.4 Å².